The number of hydrogen-bond acceptors (Lipinski definition) is 5. The van der Waals surface area contributed by atoms with Gasteiger partial charge in [0.05, 0.1) is 5.75 Å². The van der Waals surface area contributed by atoms with E-state index in [4.69, 9.17) is 0 Å². The van der Waals surface area contributed by atoms with Gasteiger partial charge in [0.25, 0.3) is 5.91 Å². The minimum absolute atomic E-state index is 0.0918. The maximum atomic E-state index is 13.3. The quantitative estimate of drug-likeness (QED) is 0.595. The van der Waals surface area contributed by atoms with Crippen LogP contribution in [0.2, 0.25) is 0 Å². The molecule has 0 radical (unpaired) electrons. The van der Waals surface area contributed by atoms with Gasteiger partial charge in [0.1, 0.15) is 12.1 Å². The first-order valence-electron chi connectivity index (χ1n) is 12.2. The Morgan fingerprint density at radius 1 is 0.972 bits per heavy atom. The Morgan fingerprint density at radius 3 is 2.39 bits per heavy atom. The fourth-order valence-electron chi connectivity index (χ4n) is 5.25. The molecule has 1 N–H and O–H groups in total. The van der Waals surface area contributed by atoms with E-state index in [1.54, 1.807) is 31.2 Å². The van der Waals surface area contributed by atoms with Gasteiger partial charge in [-0.25, -0.2) is 13.2 Å². The van der Waals surface area contributed by atoms with E-state index in [-0.39, 0.29) is 44.4 Å². The van der Waals surface area contributed by atoms with Crippen molar-refractivity contribution >= 4 is 27.9 Å². The lowest BCUT2D eigenvalue weighted by Gasteiger charge is -2.34. The maximum Gasteiger partial charge on any atom is 0.325 e. The van der Waals surface area contributed by atoms with Gasteiger partial charge < -0.3 is 10.2 Å². The van der Waals surface area contributed by atoms with Crippen molar-refractivity contribution in [3.05, 3.63) is 70.8 Å². The Morgan fingerprint density at radius 2 is 1.67 bits per heavy atom. The summed E-state index contributed by atoms with van der Waals surface area (Å²) in [6.07, 6.45) is 3.06. The van der Waals surface area contributed by atoms with Gasteiger partial charge in [0, 0.05) is 26.2 Å². The fraction of sp³-hybridized carbons (Fsp3) is 0.423. The van der Waals surface area contributed by atoms with Gasteiger partial charge in [0.15, 0.2) is 0 Å². The molecule has 0 spiro atoms. The van der Waals surface area contributed by atoms with Gasteiger partial charge >= 0.3 is 6.03 Å². The molecule has 2 fully saturated rings. The van der Waals surface area contributed by atoms with Crippen LogP contribution in [-0.4, -0.2) is 73.1 Å². The van der Waals surface area contributed by atoms with Gasteiger partial charge in [0.2, 0.25) is 15.9 Å². The number of imide groups is 1. The molecule has 36 heavy (non-hydrogen) atoms. The summed E-state index contributed by atoms with van der Waals surface area (Å²) in [7, 11) is -3.51. The van der Waals surface area contributed by atoms with Gasteiger partial charge in [-0.3, -0.25) is 14.5 Å². The molecule has 2 saturated heterocycles. The molecule has 0 unspecified atom stereocenters. The normalized spacial score (nSPS) is 22.6. The number of urea groups is 1. The highest BCUT2D eigenvalue weighted by atomic mass is 32.2. The molecule has 0 bridgehead atoms. The number of aryl methyl sites for hydroxylation is 2. The van der Waals surface area contributed by atoms with Crippen LogP contribution >= 0.6 is 0 Å². The number of rotatable bonds is 6. The van der Waals surface area contributed by atoms with Crippen LogP contribution in [0.4, 0.5) is 4.79 Å². The van der Waals surface area contributed by atoms with Crippen LogP contribution in [0, 0.1) is 0 Å². The minimum Gasteiger partial charge on any atom is -0.338 e. The lowest BCUT2D eigenvalue weighted by molar-refractivity contribution is -0.139. The van der Waals surface area contributed by atoms with Crippen LogP contribution in [0.15, 0.2) is 48.5 Å². The Bertz CT molecular complexity index is 1300. The van der Waals surface area contributed by atoms with Crippen LogP contribution in [0.25, 0.3) is 0 Å². The van der Waals surface area contributed by atoms with E-state index in [0.29, 0.717) is 11.1 Å². The average molecular weight is 511 g/mol. The van der Waals surface area contributed by atoms with Gasteiger partial charge in [-0.15, -0.1) is 0 Å². The van der Waals surface area contributed by atoms with Crippen molar-refractivity contribution in [1.29, 1.82) is 0 Å². The molecular weight excluding hydrogens is 480 g/mol. The highest BCUT2D eigenvalue weighted by molar-refractivity contribution is 7.88. The Balaban J connectivity index is 1.20. The highest BCUT2D eigenvalue weighted by Gasteiger charge is 2.50. The number of nitrogens with one attached hydrogen (secondary N) is 1. The summed E-state index contributed by atoms with van der Waals surface area (Å²) in [4.78, 5) is 41.5. The predicted octanol–water partition coefficient (Wildman–Crippen LogP) is 1.62. The fourth-order valence-corrected chi connectivity index (χ4v) is 6.76. The van der Waals surface area contributed by atoms with Crippen molar-refractivity contribution in [3.63, 3.8) is 0 Å². The molecule has 2 aromatic carbocycles. The second-order valence-corrected chi connectivity index (χ2v) is 11.8. The summed E-state index contributed by atoms with van der Waals surface area (Å²) in [6, 6.07) is 14.3. The van der Waals surface area contributed by atoms with Crippen LogP contribution in [0.3, 0.4) is 0 Å². The third-order valence-corrected chi connectivity index (χ3v) is 9.27. The second-order valence-electron chi connectivity index (χ2n) is 9.81. The third-order valence-electron chi connectivity index (χ3n) is 7.42. The first-order chi connectivity index (χ1) is 17.2. The van der Waals surface area contributed by atoms with Crippen molar-refractivity contribution in [3.8, 4) is 0 Å². The molecule has 9 nitrogen and oxygen atoms in total. The van der Waals surface area contributed by atoms with Gasteiger partial charge in [-0.2, -0.15) is 4.31 Å². The van der Waals surface area contributed by atoms with Crippen LogP contribution in [-0.2, 0) is 43.7 Å². The van der Waals surface area contributed by atoms with E-state index in [0.717, 1.165) is 24.2 Å². The summed E-state index contributed by atoms with van der Waals surface area (Å²) >= 11 is 0. The van der Waals surface area contributed by atoms with E-state index >= 15 is 0 Å². The molecule has 190 valence electrons. The number of sulfonamides is 1. The van der Waals surface area contributed by atoms with Crippen LogP contribution < -0.4 is 5.32 Å². The Labute approximate surface area is 211 Å². The second kappa shape index (κ2) is 9.33. The molecule has 0 aromatic heterocycles. The van der Waals surface area contributed by atoms with Crippen LogP contribution in [0.1, 0.15) is 35.6 Å². The molecule has 2 heterocycles. The SMILES string of the molecule is C[C@]1(c2ccc3c(c2)CCC3)NC(=O)N(CC(=O)N2CCN(S(=O)(=O)Cc3ccccc3)CC2)C1=O. The molecule has 4 amide bonds. The van der Waals surface area contributed by atoms with E-state index in [9.17, 15) is 22.8 Å². The summed E-state index contributed by atoms with van der Waals surface area (Å²) in [6.45, 7) is 2.06. The highest BCUT2D eigenvalue weighted by Crippen LogP contribution is 2.32. The number of carbonyl (C=O) groups is 3. The summed E-state index contributed by atoms with van der Waals surface area (Å²) in [5.41, 5.74) is 2.68. The van der Waals surface area contributed by atoms with Crippen molar-refractivity contribution in [2.75, 3.05) is 32.7 Å². The average Bonchev–Trinajstić information content (AvgIpc) is 3.42. The molecule has 2 aliphatic heterocycles. The lowest BCUT2D eigenvalue weighted by Crippen LogP contribution is -2.53. The number of piperazine rings is 1. The van der Waals surface area contributed by atoms with E-state index < -0.39 is 27.5 Å². The Kier molecular flexibility index (Phi) is 6.34. The zero-order valence-corrected chi connectivity index (χ0v) is 21.1. The number of benzene rings is 2. The largest absolute Gasteiger partial charge is 0.338 e. The summed E-state index contributed by atoms with van der Waals surface area (Å²) < 4.78 is 27.0. The number of amides is 4. The summed E-state index contributed by atoms with van der Waals surface area (Å²) in [5, 5.41) is 2.78. The van der Waals surface area contributed by atoms with Gasteiger partial charge in [-0.1, -0.05) is 48.5 Å². The first kappa shape index (κ1) is 24.5. The zero-order chi connectivity index (χ0) is 25.5. The zero-order valence-electron chi connectivity index (χ0n) is 20.3. The first-order valence-corrected chi connectivity index (χ1v) is 13.8. The monoisotopic (exact) mass is 510 g/mol. The number of hydrogen-bond donors (Lipinski definition) is 1. The molecule has 5 rings (SSSR count). The van der Waals surface area contributed by atoms with Gasteiger partial charge in [-0.05, 0) is 48.4 Å². The molecule has 3 aliphatic rings. The third kappa shape index (κ3) is 4.51. The van der Waals surface area contributed by atoms with Crippen molar-refractivity contribution in [2.24, 2.45) is 0 Å². The predicted molar refractivity (Wildman–Crippen MR) is 133 cm³/mol. The smallest absolute Gasteiger partial charge is 0.325 e. The molecule has 1 atom stereocenters. The number of fused-ring (bicyclic) bond motifs is 1. The molecular formula is C26H30N4O5S. The standard InChI is InChI=1S/C26H30N4O5S/c1-26(22-11-10-20-8-5-9-21(20)16-22)24(32)30(25(33)27-26)17-23(31)28-12-14-29(15-13-28)36(34,35)18-19-6-3-2-4-7-19/h2-4,6-7,10-11,16H,5,8-9,12-15,17-18H2,1H3,(H,27,33)/t26-/m1/s1. The Hall–Kier alpha value is -3.24. The van der Waals surface area contributed by atoms with Crippen molar-refractivity contribution in [2.45, 2.75) is 37.5 Å². The summed E-state index contributed by atoms with van der Waals surface area (Å²) in [5.74, 6) is -0.925. The number of carbonyl (C=O) groups excluding carboxylic acids is 3. The molecule has 2 aromatic rings. The molecule has 1 aliphatic carbocycles. The molecule has 0 saturated carbocycles. The van der Waals surface area contributed by atoms with Crippen molar-refractivity contribution < 1.29 is 22.8 Å². The number of nitrogens with zero attached hydrogens (tertiary/aromatic N) is 3. The maximum absolute atomic E-state index is 13.3. The van der Waals surface area contributed by atoms with E-state index in [1.165, 1.54) is 20.3 Å². The van der Waals surface area contributed by atoms with E-state index in [1.807, 2.05) is 24.3 Å². The molecule has 10 heteroatoms. The minimum atomic E-state index is -3.51. The topological polar surface area (TPSA) is 107 Å². The van der Waals surface area contributed by atoms with Crippen LogP contribution in [0.5, 0.6) is 0 Å². The van der Waals surface area contributed by atoms with Crippen molar-refractivity contribution in [1.82, 2.24) is 19.4 Å². The lowest BCUT2D eigenvalue weighted by atomic mass is 9.89. The van der Waals surface area contributed by atoms with E-state index in [2.05, 4.69) is 5.32 Å².